The summed E-state index contributed by atoms with van der Waals surface area (Å²) >= 11 is 0. The number of benzene rings is 2. The standard InChI is InChI=1S/C28H36N2O3/c1-21(31)24-7-6-10-27(20-24)33-18-4-2-3-15-30-16-13-22(14-17-30)25-8-5-9-26(19-25)29-28(32)23-11-12-23/h5-10,19-20,22-23H,2-4,11-18H2,1H3,(H,29,32). The molecule has 0 aromatic heterocycles. The third-order valence-electron chi connectivity index (χ3n) is 6.79. The summed E-state index contributed by atoms with van der Waals surface area (Å²) in [4.78, 5) is 26.1. The molecule has 0 unspecified atom stereocenters. The van der Waals surface area contributed by atoms with Gasteiger partial charge in [-0.1, -0.05) is 24.3 Å². The first-order valence-corrected chi connectivity index (χ1v) is 12.5. The number of piperidine rings is 1. The number of carbonyl (C=O) groups is 2. The van der Waals surface area contributed by atoms with Crippen molar-refractivity contribution in [1.82, 2.24) is 4.90 Å². The van der Waals surface area contributed by atoms with E-state index >= 15 is 0 Å². The number of anilines is 1. The number of hydrogen-bond acceptors (Lipinski definition) is 4. The molecule has 1 aliphatic carbocycles. The van der Waals surface area contributed by atoms with Crippen LogP contribution in [0, 0.1) is 5.92 Å². The number of nitrogens with zero attached hydrogens (tertiary/aromatic N) is 1. The van der Waals surface area contributed by atoms with Crippen molar-refractivity contribution in [3.05, 3.63) is 59.7 Å². The van der Waals surface area contributed by atoms with E-state index in [0.717, 1.165) is 56.8 Å². The molecule has 176 valence electrons. The normalized spacial score (nSPS) is 17.0. The largest absolute Gasteiger partial charge is 0.494 e. The van der Waals surface area contributed by atoms with E-state index in [1.807, 2.05) is 30.3 Å². The molecule has 1 amide bonds. The van der Waals surface area contributed by atoms with Crippen LogP contribution in [0.5, 0.6) is 5.75 Å². The minimum Gasteiger partial charge on any atom is -0.494 e. The van der Waals surface area contributed by atoms with Gasteiger partial charge in [0, 0.05) is 17.2 Å². The molecular formula is C28H36N2O3. The van der Waals surface area contributed by atoms with Gasteiger partial charge in [-0.2, -0.15) is 0 Å². The van der Waals surface area contributed by atoms with Crippen molar-refractivity contribution in [1.29, 1.82) is 0 Å². The van der Waals surface area contributed by atoms with Crippen molar-refractivity contribution in [2.24, 2.45) is 5.92 Å². The number of unbranched alkanes of at least 4 members (excludes halogenated alkanes) is 2. The maximum atomic E-state index is 12.0. The number of rotatable bonds is 11. The van der Waals surface area contributed by atoms with Crippen LogP contribution < -0.4 is 10.1 Å². The average molecular weight is 449 g/mol. The Bertz CT molecular complexity index is 946. The maximum Gasteiger partial charge on any atom is 0.227 e. The maximum absolute atomic E-state index is 12.0. The van der Waals surface area contributed by atoms with E-state index in [1.165, 1.54) is 24.8 Å². The molecular weight excluding hydrogens is 412 g/mol. The van der Waals surface area contributed by atoms with Gasteiger partial charge in [-0.3, -0.25) is 9.59 Å². The molecule has 1 saturated heterocycles. The molecule has 4 rings (SSSR count). The highest BCUT2D eigenvalue weighted by Crippen LogP contribution is 2.32. The molecule has 0 bridgehead atoms. The summed E-state index contributed by atoms with van der Waals surface area (Å²) < 4.78 is 5.81. The van der Waals surface area contributed by atoms with Gasteiger partial charge in [-0.15, -0.1) is 0 Å². The Morgan fingerprint density at radius 2 is 1.76 bits per heavy atom. The van der Waals surface area contributed by atoms with Crippen LogP contribution in [0.4, 0.5) is 5.69 Å². The summed E-state index contributed by atoms with van der Waals surface area (Å²) in [7, 11) is 0. The average Bonchev–Trinajstić information content (AvgIpc) is 3.68. The molecule has 0 radical (unpaired) electrons. The van der Waals surface area contributed by atoms with Crippen molar-refractivity contribution in [3.8, 4) is 5.75 Å². The first-order valence-electron chi connectivity index (χ1n) is 12.5. The first kappa shape index (κ1) is 23.5. The lowest BCUT2D eigenvalue weighted by Gasteiger charge is -2.32. The number of nitrogens with one attached hydrogen (secondary N) is 1. The smallest absolute Gasteiger partial charge is 0.227 e. The molecule has 0 spiro atoms. The molecule has 1 saturated carbocycles. The number of ketones is 1. The first-order chi connectivity index (χ1) is 16.1. The molecule has 1 aliphatic heterocycles. The summed E-state index contributed by atoms with van der Waals surface area (Å²) in [6.07, 6.45) is 7.78. The minimum atomic E-state index is 0.0669. The van der Waals surface area contributed by atoms with Crippen molar-refractivity contribution in [2.45, 2.75) is 57.8 Å². The van der Waals surface area contributed by atoms with E-state index in [-0.39, 0.29) is 17.6 Å². The van der Waals surface area contributed by atoms with Crippen LogP contribution in [0.2, 0.25) is 0 Å². The molecule has 2 fully saturated rings. The second-order valence-electron chi connectivity index (χ2n) is 9.50. The Morgan fingerprint density at radius 1 is 0.970 bits per heavy atom. The number of carbonyl (C=O) groups excluding carboxylic acids is 2. The lowest BCUT2D eigenvalue weighted by atomic mass is 9.89. The molecule has 2 aliphatic rings. The Balaban J connectivity index is 1.11. The Kier molecular flexibility index (Phi) is 8.16. The highest BCUT2D eigenvalue weighted by molar-refractivity contribution is 5.94. The number of Topliss-reactive ketones (excluding diaryl/α,β-unsaturated/α-hetero) is 1. The van der Waals surface area contributed by atoms with Gasteiger partial charge in [-0.25, -0.2) is 0 Å². The fourth-order valence-electron chi connectivity index (χ4n) is 4.56. The summed E-state index contributed by atoms with van der Waals surface area (Å²) in [5, 5.41) is 3.08. The molecule has 5 heteroatoms. The topological polar surface area (TPSA) is 58.6 Å². The Labute approximate surface area is 197 Å². The van der Waals surface area contributed by atoms with Crippen molar-refractivity contribution >= 4 is 17.4 Å². The van der Waals surface area contributed by atoms with E-state index in [1.54, 1.807) is 6.92 Å². The molecule has 33 heavy (non-hydrogen) atoms. The van der Waals surface area contributed by atoms with E-state index in [2.05, 4.69) is 28.4 Å². The van der Waals surface area contributed by atoms with E-state index in [9.17, 15) is 9.59 Å². The van der Waals surface area contributed by atoms with E-state index in [4.69, 9.17) is 4.74 Å². The van der Waals surface area contributed by atoms with Gasteiger partial charge in [0.15, 0.2) is 5.78 Å². The van der Waals surface area contributed by atoms with Crippen LogP contribution in [0.1, 0.15) is 73.7 Å². The van der Waals surface area contributed by atoms with Gasteiger partial charge >= 0.3 is 0 Å². The van der Waals surface area contributed by atoms with Crippen LogP contribution in [-0.4, -0.2) is 42.8 Å². The zero-order chi connectivity index (χ0) is 23.0. The second kappa shape index (κ2) is 11.5. The van der Waals surface area contributed by atoms with Crippen molar-refractivity contribution < 1.29 is 14.3 Å². The Morgan fingerprint density at radius 3 is 2.52 bits per heavy atom. The third-order valence-corrected chi connectivity index (χ3v) is 6.79. The summed E-state index contributed by atoms with van der Waals surface area (Å²) in [6, 6.07) is 15.9. The lowest BCUT2D eigenvalue weighted by Crippen LogP contribution is -2.33. The monoisotopic (exact) mass is 448 g/mol. The number of ether oxygens (including phenoxy) is 1. The molecule has 2 aromatic carbocycles. The molecule has 5 nitrogen and oxygen atoms in total. The van der Waals surface area contributed by atoms with Gasteiger partial charge in [0.2, 0.25) is 5.91 Å². The molecule has 1 heterocycles. The highest BCUT2D eigenvalue weighted by Gasteiger charge is 2.29. The number of likely N-dealkylation sites (tertiary alicyclic amines) is 1. The van der Waals surface area contributed by atoms with Gasteiger partial charge in [0.25, 0.3) is 0 Å². The summed E-state index contributed by atoms with van der Waals surface area (Å²) in [5.41, 5.74) is 3.00. The molecule has 2 aromatic rings. The van der Waals surface area contributed by atoms with E-state index < -0.39 is 0 Å². The van der Waals surface area contributed by atoms with Crippen LogP contribution >= 0.6 is 0 Å². The number of hydrogen-bond donors (Lipinski definition) is 1. The molecule has 0 atom stereocenters. The number of amides is 1. The predicted octanol–water partition coefficient (Wildman–Crippen LogP) is 5.67. The lowest BCUT2D eigenvalue weighted by molar-refractivity contribution is -0.117. The van der Waals surface area contributed by atoms with E-state index in [0.29, 0.717) is 18.1 Å². The fourth-order valence-corrected chi connectivity index (χ4v) is 4.56. The highest BCUT2D eigenvalue weighted by atomic mass is 16.5. The Hall–Kier alpha value is -2.66. The van der Waals surface area contributed by atoms with Crippen LogP contribution in [-0.2, 0) is 4.79 Å². The van der Waals surface area contributed by atoms with Gasteiger partial charge < -0.3 is 15.0 Å². The third kappa shape index (κ3) is 7.16. The van der Waals surface area contributed by atoms with Crippen molar-refractivity contribution in [2.75, 3.05) is 31.6 Å². The van der Waals surface area contributed by atoms with Crippen LogP contribution in [0.25, 0.3) is 0 Å². The SMILES string of the molecule is CC(=O)c1cccc(OCCCCCN2CCC(c3cccc(NC(=O)C4CC4)c3)CC2)c1. The minimum absolute atomic E-state index is 0.0669. The predicted molar refractivity (Wildman–Crippen MR) is 132 cm³/mol. The second-order valence-corrected chi connectivity index (χ2v) is 9.50. The van der Waals surface area contributed by atoms with Gasteiger partial charge in [0.05, 0.1) is 6.61 Å². The molecule has 1 N–H and O–H groups in total. The zero-order valence-corrected chi connectivity index (χ0v) is 19.7. The quantitative estimate of drug-likeness (QED) is 0.356. The van der Waals surface area contributed by atoms with Crippen molar-refractivity contribution in [3.63, 3.8) is 0 Å². The summed E-state index contributed by atoms with van der Waals surface area (Å²) in [5.74, 6) is 1.84. The van der Waals surface area contributed by atoms with Gasteiger partial charge in [0.1, 0.15) is 5.75 Å². The fraction of sp³-hybridized carbons (Fsp3) is 0.500. The van der Waals surface area contributed by atoms with Gasteiger partial charge in [-0.05, 0) is 107 Å². The van der Waals surface area contributed by atoms with Crippen LogP contribution in [0.3, 0.4) is 0 Å². The zero-order valence-electron chi connectivity index (χ0n) is 19.7. The summed E-state index contributed by atoms with van der Waals surface area (Å²) in [6.45, 7) is 5.69. The van der Waals surface area contributed by atoms with Crippen LogP contribution in [0.15, 0.2) is 48.5 Å².